The van der Waals surface area contributed by atoms with Crippen LogP contribution in [0.1, 0.15) is 16.7 Å². The lowest BCUT2D eigenvalue weighted by Gasteiger charge is -2.40. The highest BCUT2D eigenvalue weighted by Gasteiger charge is 2.48. The number of amides is 3. The van der Waals surface area contributed by atoms with Crippen LogP contribution in [-0.2, 0) is 17.8 Å². The first-order valence-corrected chi connectivity index (χ1v) is 9.45. The van der Waals surface area contributed by atoms with Crippen molar-refractivity contribution in [3.8, 4) is 0 Å². The third-order valence-electron chi connectivity index (χ3n) is 5.69. The molecule has 27 heavy (non-hydrogen) atoms. The highest BCUT2D eigenvalue weighted by atomic mass is 16.2. The fraction of sp³-hybridized carbons (Fsp3) is 0.364. The lowest BCUT2D eigenvalue weighted by atomic mass is 9.99. The van der Waals surface area contributed by atoms with E-state index in [1.54, 1.807) is 4.90 Å². The maximum Gasteiger partial charge on any atom is 0.321 e. The summed E-state index contributed by atoms with van der Waals surface area (Å²) < 4.78 is 0. The molecule has 140 valence electrons. The molecule has 2 aliphatic rings. The molecule has 0 radical (unpaired) electrons. The van der Waals surface area contributed by atoms with Crippen LogP contribution in [0.5, 0.6) is 0 Å². The number of nitrogens with zero attached hydrogens (tertiary/aromatic N) is 3. The summed E-state index contributed by atoms with van der Waals surface area (Å²) in [7, 11) is 1.84. The molecule has 0 saturated carbocycles. The van der Waals surface area contributed by atoms with E-state index in [9.17, 15) is 9.59 Å². The first-order valence-electron chi connectivity index (χ1n) is 9.45. The molecule has 3 amide bonds. The van der Waals surface area contributed by atoms with E-state index >= 15 is 0 Å². The number of urea groups is 1. The van der Waals surface area contributed by atoms with Crippen molar-refractivity contribution >= 4 is 11.9 Å². The summed E-state index contributed by atoms with van der Waals surface area (Å²) in [4.78, 5) is 31.5. The Bertz CT molecular complexity index is 852. The summed E-state index contributed by atoms with van der Waals surface area (Å²) >= 11 is 0. The predicted molar refractivity (Wildman–Crippen MR) is 104 cm³/mol. The van der Waals surface area contributed by atoms with Gasteiger partial charge in [-0.3, -0.25) is 4.79 Å². The Morgan fingerprint density at radius 3 is 2.41 bits per heavy atom. The SMILES string of the molecule is Cc1ccccc1CN1C[C@@H]2CN(C)C(=O)[C@H](Cc3ccccc3)N2C1=O. The number of likely N-dealkylation sites (N-methyl/N-ethyl adjacent to an activating group) is 1. The normalized spacial score (nSPS) is 22.4. The number of rotatable bonds is 4. The molecule has 0 aromatic heterocycles. The van der Waals surface area contributed by atoms with Gasteiger partial charge in [-0.15, -0.1) is 0 Å². The molecule has 2 saturated heterocycles. The molecular formula is C22H25N3O2. The number of benzene rings is 2. The van der Waals surface area contributed by atoms with Crippen LogP contribution in [0.3, 0.4) is 0 Å². The van der Waals surface area contributed by atoms with Gasteiger partial charge < -0.3 is 14.7 Å². The zero-order valence-corrected chi connectivity index (χ0v) is 15.8. The van der Waals surface area contributed by atoms with Gasteiger partial charge in [0.25, 0.3) is 0 Å². The average Bonchev–Trinajstić information content (AvgIpc) is 2.97. The smallest absolute Gasteiger partial charge is 0.321 e. The minimum absolute atomic E-state index is 0.0226. The van der Waals surface area contributed by atoms with Gasteiger partial charge in [0.1, 0.15) is 6.04 Å². The molecule has 2 aliphatic heterocycles. The molecule has 2 aromatic carbocycles. The van der Waals surface area contributed by atoms with Crippen molar-refractivity contribution in [3.63, 3.8) is 0 Å². The van der Waals surface area contributed by atoms with Gasteiger partial charge in [0.05, 0.1) is 6.04 Å². The minimum Gasteiger partial charge on any atom is -0.342 e. The fourth-order valence-electron chi connectivity index (χ4n) is 4.20. The molecule has 4 rings (SSSR count). The number of hydrogen-bond acceptors (Lipinski definition) is 2. The fourth-order valence-corrected chi connectivity index (χ4v) is 4.20. The van der Waals surface area contributed by atoms with Gasteiger partial charge in [0.2, 0.25) is 5.91 Å². The zero-order chi connectivity index (χ0) is 19.0. The van der Waals surface area contributed by atoms with Gasteiger partial charge in [-0.25, -0.2) is 4.79 Å². The number of piperazine rings is 1. The van der Waals surface area contributed by atoms with Crippen LogP contribution in [0.2, 0.25) is 0 Å². The van der Waals surface area contributed by atoms with Gasteiger partial charge in [0, 0.05) is 33.1 Å². The summed E-state index contributed by atoms with van der Waals surface area (Å²) in [6.07, 6.45) is 0.560. The molecule has 5 nitrogen and oxygen atoms in total. The molecule has 0 unspecified atom stereocenters. The number of aryl methyl sites for hydroxylation is 1. The van der Waals surface area contributed by atoms with Crippen LogP contribution in [0.15, 0.2) is 54.6 Å². The van der Waals surface area contributed by atoms with Crippen molar-refractivity contribution in [1.82, 2.24) is 14.7 Å². The van der Waals surface area contributed by atoms with E-state index < -0.39 is 6.04 Å². The second-order valence-corrected chi connectivity index (χ2v) is 7.57. The topological polar surface area (TPSA) is 43.9 Å². The molecule has 2 atom stereocenters. The van der Waals surface area contributed by atoms with Crippen LogP contribution in [0.4, 0.5) is 4.79 Å². The van der Waals surface area contributed by atoms with Crippen molar-refractivity contribution in [1.29, 1.82) is 0 Å². The Labute approximate surface area is 160 Å². The van der Waals surface area contributed by atoms with Crippen molar-refractivity contribution in [3.05, 3.63) is 71.3 Å². The molecule has 2 aromatic rings. The van der Waals surface area contributed by atoms with E-state index in [0.29, 0.717) is 26.1 Å². The van der Waals surface area contributed by atoms with E-state index in [1.807, 2.05) is 59.3 Å². The van der Waals surface area contributed by atoms with Crippen molar-refractivity contribution in [2.45, 2.75) is 32.0 Å². The Hall–Kier alpha value is -2.82. The van der Waals surface area contributed by atoms with Gasteiger partial charge in [0.15, 0.2) is 0 Å². The van der Waals surface area contributed by atoms with Crippen molar-refractivity contribution in [2.24, 2.45) is 0 Å². The maximum absolute atomic E-state index is 13.2. The lowest BCUT2D eigenvalue weighted by molar-refractivity contribution is -0.139. The van der Waals surface area contributed by atoms with E-state index in [0.717, 1.165) is 11.1 Å². The quantitative estimate of drug-likeness (QED) is 0.838. The molecule has 2 fully saturated rings. The Balaban J connectivity index is 1.58. The molecule has 0 bridgehead atoms. The second kappa shape index (κ2) is 7.06. The van der Waals surface area contributed by atoms with E-state index in [4.69, 9.17) is 0 Å². The minimum atomic E-state index is -0.425. The van der Waals surface area contributed by atoms with Gasteiger partial charge in [-0.2, -0.15) is 0 Å². The summed E-state index contributed by atoms with van der Waals surface area (Å²) in [5.74, 6) is 0.0289. The van der Waals surface area contributed by atoms with Crippen LogP contribution >= 0.6 is 0 Å². The van der Waals surface area contributed by atoms with Crippen LogP contribution in [0, 0.1) is 6.92 Å². The average molecular weight is 363 g/mol. The molecule has 0 spiro atoms. The third kappa shape index (κ3) is 3.29. The third-order valence-corrected chi connectivity index (χ3v) is 5.69. The highest BCUT2D eigenvalue weighted by Crippen LogP contribution is 2.28. The number of carbonyl (C=O) groups excluding carboxylic acids is 2. The molecule has 0 N–H and O–H groups in total. The van der Waals surface area contributed by atoms with E-state index in [1.165, 1.54) is 5.56 Å². The van der Waals surface area contributed by atoms with Crippen LogP contribution in [0.25, 0.3) is 0 Å². The van der Waals surface area contributed by atoms with Gasteiger partial charge in [-0.1, -0.05) is 54.6 Å². The molecule has 5 heteroatoms. The summed E-state index contributed by atoms with van der Waals surface area (Å²) in [5, 5.41) is 0. The Kier molecular flexibility index (Phi) is 4.60. The van der Waals surface area contributed by atoms with Crippen molar-refractivity contribution < 1.29 is 9.59 Å². The number of fused-ring (bicyclic) bond motifs is 1. The van der Waals surface area contributed by atoms with Crippen LogP contribution < -0.4 is 0 Å². The number of carbonyl (C=O) groups is 2. The van der Waals surface area contributed by atoms with Gasteiger partial charge >= 0.3 is 6.03 Å². The first kappa shape index (κ1) is 17.6. The Morgan fingerprint density at radius 2 is 1.67 bits per heavy atom. The lowest BCUT2D eigenvalue weighted by Crippen LogP contribution is -2.60. The summed E-state index contributed by atoms with van der Waals surface area (Å²) in [5.41, 5.74) is 3.42. The molecule has 2 heterocycles. The molecular weight excluding hydrogens is 338 g/mol. The summed E-state index contributed by atoms with van der Waals surface area (Å²) in [6, 6.07) is 17.7. The monoisotopic (exact) mass is 363 g/mol. The second-order valence-electron chi connectivity index (χ2n) is 7.57. The molecule has 0 aliphatic carbocycles. The predicted octanol–water partition coefficient (Wildman–Crippen LogP) is 2.68. The summed E-state index contributed by atoms with van der Waals surface area (Å²) in [6.45, 7) is 3.92. The van der Waals surface area contributed by atoms with E-state index in [-0.39, 0.29) is 18.0 Å². The van der Waals surface area contributed by atoms with E-state index in [2.05, 4.69) is 19.1 Å². The van der Waals surface area contributed by atoms with Crippen LogP contribution in [-0.4, -0.2) is 58.9 Å². The van der Waals surface area contributed by atoms with Crippen molar-refractivity contribution in [2.75, 3.05) is 20.1 Å². The standard InChI is InChI=1S/C22H25N3O2/c1-16-8-6-7-11-18(16)13-24-15-19-14-23(2)21(26)20(25(19)22(24)27)12-17-9-4-3-5-10-17/h3-11,19-20H,12-15H2,1-2H3/t19-,20-/m0/s1. The Morgan fingerprint density at radius 1 is 0.963 bits per heavy atom. The van der Waals surface area contributed by atoms with Gasteiger partial charge in [-0.05, 0) is 23.6 Å². The maximum atomic E-state index is 13.2. The largest absolute Gasteiger partial charge is 0.342 e. The zero-order valence-electron chi connectivity index (χ0n) is 15.8. The first-order chi connectivity index (χ1) is 13.0. The number of hydrogen-bond donors (Lipinski definition) is 0. The highest BCUT2D eigenvalue weighted by molar-refractivity contribution is 5.90.